The van der Waals surface area contributed by atoms with Gasteiger partial charge in [0.2, 0.25) is 0 Å². The minimum absolute atomic E-state index is 0.149. The second kappa shape index (κ2) is 7.02. The predicted octanol–water partition coefficient (Wildman–Crippen LogP) is 4.06. The van der Waals surface area contributed by atoms with Crippen LogP contribution in [0.1, 0.15) is 16.1 Å². The lowest BCUT2D eigenvalue weighted by Crippen LogP contribution is -2.16. The fraction of sp³-hybridized carbons (Fsp3) is 0.0588. The van der Waals surface area contributed by atoms with E-state index in [2.05, 4.69) is 21.1 Å². The molecule has 0 fully saturated rings. The van der Waals surface area contributed by atoms with Gasteiger partial charge in [0.25, 0.3) is 5.91 Å². The van der Waals surface area contributed by atoms with Gasteiger partial charge in [-0.3, -0.25) is 4.79 Å². The number of nitrogens with zero attached hydrogens (tertiary/aromatic N) is 1. The Morgan fingerprint density at radius 1 is 1.20 bits per heavy atom. The topological polar surface area (TPSA) is 78.4 Å². The Balaban J connectivity index is 1.76. The van der Waals surface area contributed by atoms with Gasteiger partial charge in [-0.25, -0.2) is 8.78 Å². The summed E-state index contributed by atoms with van der Waals surface area (Å²) in [5.74, 6) is -3.38. The molecule has 2 N–H and O–H groups in total. The van der Waals surface area contributed by atoms with E-state index in [4.69, 9.17) is 15.0 Å². The maximum Gasteiger partial charge on any atom is 0.254 e. The van der Waals surface area contributed by atoms with E-state index >= 15 is 0 Å². The van der Waals surface area contributed by atoms with Gasteiger partial charge in [-0.05, 0) is 24.3 Å². The van der Waals surface area contributed by atoms with Crippen LogP contribution in [-0.4, -0.2) is 11.1 Å². The first-order valence-electron chi connectivity index (χ1n) is 7.08. The third kappa shape index (κ3) is 3.69. The molecule has 3 rings (SSSR count). The largest absolute Gasteiger partial charge is 0.482 e. The molecule has 8 heteroatoms. The molecule has 0 spiro atoms. The van der Waals surface area contributed by atoms with Gasteiger partial charge in [-0.1, -0.05) is 33.2 Å². The van der Waals surface area contributed by atoms with Crippen LogP contribution in [0.5, 0.6) is 5.75 Å². The Morgan fingerprint density at radius 2 is 1.92 bits per heavy atom. The molecule has 1 aromatic heterocycles. The highest BCUT2D eigenvalue weighted by Crippen LogP contribution is 2.25. The zero-order chi connectivity index (χ0) is 18.0. The van der Waals surface area contributed by atoms with E-state index in [0.717, 1.165) is 22.2 Å². The fourth-order valence-electron chi connectivity index (χ4n) is 2.16. The van der Waals surface area contributed by atoms with Crippen LogP contribution in [0.2, 0.25) is 0 Å². The van der Waals surface area contributed by atoms with Crippen molar-refractivity contribution in [3.63, 3.8) is 0 Å². The number of ether oxygens (including phenoxy) is 1. The van der Waals surface area contributed by atoms with Gasteiger partial charge >= 0.3 is 0 Å². The number of rotatable bonds is 5. The van der Waals surface area contributed by atoms with Gasteiger partial charge in [0.15, 0.2) is 17.3 Å². The van der Waals surface area contributed by atoms with E-state index in [1.165, 1.54) is 0 Å². The molecule has 0 saturated carbocycles. The molecule has 3 aromatic rings. The van der Waals surface area contributed by atoms with Gasteiger partial charge in [-0.2, -0.15) is 0 Å². The number of primary amides is 1. The van der Waals surface area contributed by atoms with Crippen molar-refractivity contribution >= 4 is 21.8 Å². The van der Waals surface area contributed by atoms with E-state index < -0.39 is 23.1 Å². The number of carbonyl (C=O) groups is 1. The van der Waals surface area contributed by atoms with Crippen molar-refractivity contribution in [1.29, 1.82) is 0 Å². The SMILES string of the molecule is NC(=O)c1c(F)ccc(OCc2cc(-c3ccc(Br)cc3)no2)c1F. The summed E-state index contributed by atoms with van der Waals surface area (Å²) in [6.45, 7) is -0.149. The Morgan fingerprint density at radius 3 is 2.60 bits per heavy atom. The second-order valence-corrected chi connectivity index (χ2v) is 5.99. The van der Waals surface area contributed by atoms with Gasteiger partial charge in [-0.15, -0.1) is 0 Å². The smallest absolute Gasteiger partial charge is 0.254 e. The van der Waals surface area contributed by atoms with E-state index in [1.54, 1.807) is 6.07 Å². The molecule has 0 radical (unpaired) electrons. The summed E-state index contributed by atoms with van der Waals surface area (Å²) in [5.41, 5.74) is 5.54. The summed E-state index contributed by atoms with van der Waals surface area (Å²) in [7, 11) is 0. The summed E-state index contributed by atoms with van der Waals surface area (Å²) >= 11 is 3.34. The van der Waals surface area contributed by atoms with Gasteiger partial charge in [0.05, 0.1) is 0 Å². The molecule has 1 heterocycles. The summed E-state index contributed by atoms with van der Waals surface area (Å²) in [6.07, 6.45) is 0. The molecule has 5 nitrogen and oxygen atoms in total. The monoisotopic (exact) mass is 408 g/mol. The number of carbonyl (C=O) groups excluding carboxylic acids is 1. The fourth-order valence-corrected chi connectivity index (χ4v) is 2.42. The summed E-state index contributed by atoms with van der Waals surface area (Å²) in [6, 6.07) is 11.0. The molecule has 0 aliphatic heterocycles. The summed E-state index contributed by atoms with van der Waals surface area (Å²) in [4.78, 5) is 11.1. The molecule has 0 unspecified atom stereocenters. The van der Waals surface area contributed by atoms with Crippen LogP contribution in [0.25, 0.3) is 11.3 Å². The Kier molecular flexibility index (Phi) is 4.80. The highest BCUT2D eigenvalue weighted by molar-refractivity contribution is 9.10. The maximum absolute atomic E-state index is 14.1. The summed E-state index contributed by atoms with van der Waals surface area (Å²) in [5, 5.41) is 3.91. The van der Waals surface area contributed by atoms with Crippen LogP contribution in [-0.2, 0) is 6.61 Å². The minimum atomic E-state index is -1.21. The number of aromatic nitrogens is 1. The van der Waals surface area contributed by atoms with Crippen LogP contribution in [0.4, 0.5) is 8.78 Å². The van der Waals surface area contributed by atoms with E-state index in [-0.39, 0.29) is 12.4 Å². The molecule has 128 valence electrons. The minimum Gasteiger partial charge on any atom is -0.482 e. The quantitative estimate of drug-likeness (QED) is 0.690. The van der Waals surface area contributed by atoms with Crippen LogP contribution in [0.3, 0.4) is 0 Å². The van der Waals surface area contributed by atoms with Crippen LogP contribution >= 0.6 is 15.9 Å². The van der Waals surface area contributed by atoms with Crippen molar-refractivity contribution in [3.05, 3.63) is 69.9 Å². The third-order valence-corrected chi connectivity index (χ3v) is 3.90. The molecule has 0 aliphatic carbocycles. The first kappa shape index (κ1) is 17.1. The van der Waals surface area contributed by atoms with Gasteiger partial charge in [0.1, 0.15) is 23.7 Å². The number of halogens is 3. The molecule has 0 bridgehead atoms. The molecule has 0 aliphatic rings. The lowest BCUT2D eigenvalue weighted by Gasteiger charge is -2.08. The lowest BCUT2D eigenvalue weighted by atomic mass is 10.1. The van der Waals surface area contributed by atoms with Crippen molar-refractivity contribution in [2.45, 2.75) is 6.61 Å². The molecule has 1 amide bonds. The Labute approximate surface area is 149 Å². The summed E-state index contributed by atoms with van der Waals surface area (Å²) < 4.78 is 38.8. The normalized spacial score (nSPS) is 10.7. The molecule has 0 atom stereocenters. The average Bonchev–Trinajstić information content (AvgIpc) is 3.03. The van der Waals surface area contributed by atoms with Crippen molar-refractivity contribution in [3.8, 4) is 17.0 Å². The van der Waals surface area contributed by atoms with Crippen LogP contribution in [0.15, 0.2) is 51.5 Å². The average molecular weight is 409 g/mol. The lowest BCUT2D eigenvalue weighted by molar-refractivity contribution is 0.0991. The number of hydrogen-bond donors (Lipinski definition) is 1. The van der Waals surface area contributed by atoms with Gasteiger partial charge < -0.3 is 15.0 Å². The van der Waals surface area contributed by atoms with Crippen LogP contribution < -0.4 is 10.5 Å². The molecule has 0 saturated heterocycles. The number of hydrogen-bond acceptors (Lipinski definition) is 4. The molecular weight excluding hydrogens is 398 g/mol. The first-order chi connectivity index (χ1) is 12.0. The van der Waals surface area contributed by atoms with E-state index in [9.17, 15) is 13.6 Å². The maximum atomic E-state index is 14.1. The number of nitrogens with two attached hydrogens (primary N) is 1. The molecule has 25 heavy (non-hydrogen) atoms. The molecular formula is C17H11BrF2N2O3. The van der Waals surface area contributed by atoms with E-state index in [1.807, 2.05) is 24.3 Å². The number of benzene rings is 2. The predicted molar refractivity (Wildman–Crippen MR) is 88.8 cm³/mol. The van der Waals surface area contributed by atoms with Gasteiger partial charge in [0, 0.05) is 16.1 Å². The second-order valence-electron chi connectivity index (χ2n) is 5.07. The van der Waals surface area contributed by atoms with Crippen molar-refractivity contribution in [1.82, 2.24) is 5.16 Å². The first-order valence-corrected chi connectivity index (χ1v) is 7.87. The van der Waals surface area contributed by atoms with E-state index in [0.29, 0.717) is 11.5 Å². The van der Waals surface area contributed by atoms with Crippen LogP contribution in [0, 0.1) is 11.6 Å². The third-order valence-electron chi connectivity index (χ3n) is 3.37. The Hall–Kier alpha value is -2.74. The van der Waals surface area contributed by atoms with Crippen molar-refractivity contribution < 1.29 is 22.8 Å². The van der Waals surface area contributed by atoms with Crippen molar-refractivity contribution in [2.24, 2.45) is 5.73 Å². The molecule has 2 aromatic carbocycles. The Bertz CT molecular complexity index is 926. The van der Waals surface area contributed by atoms with Crippen molar-refractivity contribution in [2.75, 3.05) is 0 Å². The zero-order valence-electron chi connectivity index (χ0n) is 12.6. The highest BCUT2D eigenvalue weighted by atomic mass is 79.9. The highest BCUT2D eigenvalue weighted by Gasteiger charge is 2.19. The zero-order valence-corrected chi connectivity index (χ0v) is 14.2. The standard InChI is InChI=1S/C17H11BrF2N2O3/c18-10-3-1-9(2-4-10)13-7-11(25-22-13)8-24-14-6-5-12(19)15(16(14)20)17(21)23/h1-7H,8H2,(H2,21,23). The number of amides is 1.